The number of hydrogen-bond donors (Lipinski definition) is 4. The van der Waals surface area contributed by atoms with Gasteiger partial charge in [0.2, 0.25) is 0 Å². The molecule has 1 aromatic heterocycles. The highest BCUT2D eigenvalue weighted by atomic mass is 16.4. The fourth-order valence-corrected chi connectivity index (χ4v) is 1.36. The van der Waals surface area contributed by atoms with E-state index in [-0.39, 0.29) is 11.6 Å². The van der Waals surface area contributed by atoms with Crippen LogP contribution in [0.4, 0.5) is 11.5 Å². The molecule has 0 unspecified atom stereocenters. The van der Waals surface area contributed by atoms with Crippen LogP contribution in [-0.4, -0.2) is 26.4 Å². The van der Waals surface area contributed by atoms with Crippen molar-refractivity contribution in [1.82, 2.24) is 10.2 Å². The fraction of sp³-hybridized carbons (Fsp3) is 0. The van der Waals surface area contributed by atoms with Crippen LogP contribution < -0.4 is 10.9 Å². The number of carboxylic acids is 1. The predicted molar refractivity (Wildman–Crippen MR) is 63.2 cm³/mol. The number of nitrogens with zero attached hydrogens (tertiary/aromatic N) is 1. The molecule has 0 aliphatic rings. The van der Waals surface area contributed by atoms with E-state index in [4.69, 9.17) is 5.11 Å². The lowest BCUT2D eigenvalue weighted by Crippen LogP contribution is -2.19. The highest BCUT2D eigenvalue weighted by Gasteiger charge is 2.10. The maximum Gasteiger partial charge on any atom is 0.341 e. The fourth-order valence-electron chi connectivity index (χ4n) is 1.36. The van der Waals surface area contributed by atoms with Gasteiger partial charge in [-0.1, -0.05) is 6.07 Å². The van der Waals surface area contributed by atoms with Crippen molar-refractivity contribution < 1.29 is 15.0 Å². The second-order valence-electron chi connectivity index (χ2n) is 3.48. The van der Waals surface area contributed by atoms with Crippen LogP contribution in [-0.2, 0) is 0 Å². The van der Waals surface area contributed by atoms with Crippen molar-refractivity contribution in [2.45, 2.75) is 0 Å². The molecule has 1 heterocycles. The summed E-state index contributed by atoms with van der Waals surface area (Å²) in [7, 11) is 0. The largest absolute Gasteiger partial charge is 0.508 e. The van der Waals surface area contributed by atoms with Crippen molar-refractivity contribution in [3.05, 3.63) is 46.2 Å². The van der Waals surface area contributed by atoms with E-state index in [2.05, 4.69) is 15.5 Å². The Balaban J connectivity index is 2.33. The van der Waals surface area contributed by atoms with Gasteiger partial charge in [0.1, 0.15) is 11.3 Å². The Hall–Kier alpha value is -2.83. The zero-order valence-corrected chi connectivity index (χ0v) is 9.04. The normalized spacial score (nSPS) is 10.0. The summed E-state index contributed by atoms with van der Waals surface area (Å²) in [4.78, 5) is 21.9. The standard InChI is InChI=1S/C11H9N3O4/c15-7-3-1-2-6(4-7)12-9-5-8(11(17)18)10(16)14-13-9/h1-5,15H,(H,12,13)(H,14,16)(H,17,18). The van der Waals surface area contributed by atoms with Crippen LogP contribution in [0.5, 0.6) is 5.75 Å². The summed E-state index contributed by atoms with van der Waals surface area (Å²) in [6.07, 6.45) is 0. The summed E-state index contributed by atoms with van der Waals surface area (Å²) < 4.78 is 0. The van der Waals surface area contributed by atoms with E-state index >= 15 is 0 Å². The average molecular weight is 247 g/mol. The third kappa shape index (κ3) is 2.46. The number of carboxylic acid groups (broad SMARTS) is 1. The van der Waals surface area contributed by atoms with Gasteiger partial charge in [0.15, 0.2) is 5.82 Å². The number of anilines is 2. The number of benzene rings is 1. The van der Waals surface area contributed by atoms with Crippen molar-refractivity contribution in [2.24, 2.45) is 0 Å². The van der Waals surface area contributed by atoms with E-state index in [1.54, 1.807) is 12.1 Å². The monoisotopic (exact) mass is 247 g/mol. The van der Waals surface area contributed by atoms with Gasteiger partial charge in [-0.15, -0.1) is 0 Å². The summed E-state index contributed by atoms with van der Waals surface area (Å²) in [5.74, 6) is -1.11. The second-order valence-corrected chi connectivity index (χ2v) is 3.48. The van der Waals surface area contributed by atoms with E-state index in [1.807, 2.05) is 0 Å². The first kappa shape index (κ1) is 11.6. The molecule has 0 atom stereocenters. The second kappa shape index (κ2) is 4.58. The maximum absolute atomic E-state index is 11.2. The molecule has 2 aromatic rings. The van der Waals surface area contributed by atoms with Crippen LogP contribution in [0.2, 0.25) is 0 Å². The number of H-pyrrole nitrogens is 1. The molecular formula is C11H9N3O4. The third-order valence-corrected chi connectivity index (χ3v) is 2.15. The van der Waals surface area contributed by atoms with Gasteiger partial charge in [0.05, 0.1) is 0 Å². The number of phenolic OH excluding ortho intramolecular Hbond substituents is 1. The average Bonchev–Trinajstić information content (AvgIpc) is 2.31. The minimum atomic E-state index is -1.34. The molecule has 92 valence electrons. The summed E-state index contributed by atoms with van der Waals surface area (Å²) in [5.41, 5.74) is -0.664. The Morgan fingerprint density at radius 3 is 2.78 bits per heavy atom. The van der Waals surface area contributed by atoms with Gasteiger partial charge in [0, 0.05) is 17.8 Å². The lowest BCUT2D eigenvalue weighted by atomic mass is 10.2. The van der Waals surface area contributed by atoms with Crippen LogP contribution in [0.1, 0.15) is 10.4 Å². The first-order valence-electron chi connectivity index (χ1n) is 4.95. The lowest BCUT2D eigenvalue weighted by molar-refractivity contribution is 0.0694. The van der Waals surface area contributed by atoms with Crippen molar-refractivity contribution in [2.75, 3.05) is 5.32 Å². The minimum Gasteiger partial charge on any atom is -0.508 e. The molecule has 0 aliphatic heterocycles. The molecule has 0 fully saturated rings. The summed E-state index contributed by atoms with van der Waals surface area (Å²) in [5, 5.41) is 26.5. The minimum absolute atomic E-state index is 0.0582. The van der Waals surface area contributed by atoms with E-state index in [1.165, 1.54) is 12.1 Å². The molecule has 0 amide bonds. The van der Waals surface area contributed by atoms with Gasteiger partial charge in [-0.2, -0.15) is 5.10 Å². The number of hydrogen-bond acceptors (Lipinski definition) is 5. The van der Waals surface area contributed by atoms with Crippen LogP contribution in [0.15, 0.2) is 35.1 Å². The third-order valence-electron chi connectivity index (χ3n) is 2.15. The Morgan fingerprint density at radius 2 is 2.11 bits per heavy atom. The summed E-state index contributed by atoms with van der Waals surface area (Å²) >= 11 is 0. The molecule has 1 aromatic carbocycles. The van der Waals surface area contributed by atoms with Gasteiger partial charge in [-0.3, -0.25) is 4.79 Å². The summed E-state index contributed by atoms with van der Waals surface area (Å²) in [6.45, 7) is 0. The molecular weight excluding hydrogens is 238 g/mol. The van der Waals surface area contributed by atoms with Gasteiger partial charge < -0.3 is 15.5 Å². The molecule has 0 saturated carbocycles. The molecule has 0 aliphatic carbocycles. The smallest absolute Gasteiger partial charge is 0.341 e. The summed E-state index contributed by atoms with van der Waals surface area (Å²) in [6, 6.07) is 7.32. The SMILES string of the molecule is O=C(O)c1cc(Nc2cccc(O)c2)n[nH]c1=O. The van der Waals surface area contributed by atoms with Gasteiger partial charge in [-0.25, -0.2) is 9.89 Å². The number of aromatic hydroxyl groups is 1. The molecule has 18 heavy (non-hydrogen) atoms. The maximum atomic E-state index is 11.2. The van der Waals surface area contributed by atoms with Gasteiger partial charge >= 0.3 is 5.97 Å². The predicted octanol–water partition coefficient (Wildman–Crippen LogP) is 0.917. The van der Waals surface area contributed by atoms with Gasteiger partial charge in [0.25, 0.3) is 5.56 Å². The number of aromatic nitrogens is 2. The number of phenols is 1. The molecule has 7 heteroatoms. The Bertz CT molecular complexity index is 651. The molecule has 0 spiro atoms. The van der Waals surface area contributed by atoms with Crippen LogP contribution >= 0.6 is 0 Å². The van der Waals surface area contributed by atoms with E-state index < -0.39 is 17.1 Å². The first-order valence-corrected chi connectivity index (χ1v) is 4.95. The topological polar surface area (TPSA) is 115 Å². The van der Waals surface area contributed by atoms with Crippen molar-refractivity contribution in [1.29, 1.82) is 0 Å². The zero-order valence-electron chi connectivity index (χ0n) is 9.04. The van der Waals surface area contributed by atoms with Crippen molar-refractivity contribution >= 4 is 17.5 Å². The number of rotatable bonds is 3. The molecule has 7 nitrogen and oxygen atoms in total. The molecule has 4 N–H and O–H groups in total. The van der Waals surface area contributed by atoms with E-state index in [0.29, 0.717) is 5.69 Å². The molecule has 0 radical (unpaired) electrons. The number of aromatic amines is 1. The van der Waals surface area contributed by atoms with Gasteiger partial charge in [-0.05, 0) is 12.1 Å². The molecule has 0 saturated heterocycles. The van der Waals surface area contributed by atoms with E-state index in [0.717, 1.165) is 6.07 Å². The first-order chi connectivity index (χ1) is 8.56. The highest BCUT2D eigenvalue weighted by molar-refractivity contribution is 5.88. The van der Waals surface area contributed by atoms with Crippen molar-refractivity contribution in [3.8, 4) is 5.75 Å². The van der Waals surface area contributed by atoms with Crippen LogP contribution in [0.25, 0.3) is 0 Å². The number of nitrogens with one attached hydrogen (secondary N) is 2. The Kier molecular flexibility index (Phi) is 2.96. The Labute approximate surface area is 101 Å². The quantitative estimate of drug-likeness (QED) is 0.641. The molecule has 0 bridgehead atoms. The number of aromatic carboxylic acids is 1. The van der Waals surface area contributed by atoms with E-state index in [9.17, 15) is 14.7 Å². The highest BCUT2D eigenvalue weighted by Crippen LogP contribution is 2.18. The molecule has 2 rings (SSSR count). The van der Waals surface area contributed by atoms with Crippen LogP contribution in [0.3, 0.4) is 0 Å². The zero-order chi connectivity index (χ0) is 13.1. The van der Waals surface area contributed by atoms with Crippen molar-refractivity contribution in [3.63, 3.8) is 0 Å². The Morgan fingerprint density at radius 1 is 1.33 bits per heavy atom. The van der Waals surface area contributed by atoms with Crippen LogP contribution in [0, 0.1) is 0 Å². The number of carbonyl (C=O) groups is 1. The lowest BCUT2D eigenvalue weighted by Gasteiger charge is -2.05.